The molecule has 0 radical (unpaired) electrons. The van der Waals surface area contributed by atoms with Crippen molar-refractivity contribution in [3.63, 3.8) is 0 Å². The van der Waals surface area contributed by atoms with Gasteiger partial charge in [-0.25, -0.2) is 4.57 Å². The number of allylic oxidation sites excluding steroid dienone is 5. The molecule has 1 unspecified atom stereocenters. The van der Waals surface area contributed by atoms with Gasteiger partial charge in [-0.2, -0.15) is 0 Å². The lowest BCUT2D eigenvalue weighted by Gasteiger charge is -2.18. The number of carbonyl (C=O) groups excluding carboxylic acids is 2. The zero-order valence-corrected chi connectivity index (χ0v) is 31.8. The van der Waals surface area contributed by atoms with E-state index in [-0.39, 0.29) is 19.4 Å². The van der Waals surface area contributed by atoms with Crippen LogP contribution >= 0.6 is 7.82 Å². The number of phosphoric acid groups is 1. The first-order valence-electron chi connectivity index (χ1n) is 19.4. The lowest BCUT2D eigenvalue weighted by molar-refractivity contribution is -0.161. The molecule has 9 nitrogen and oxygen atoms in total. The SMILES string of the molecule is CC/C=C/C/C=C/C=C/C(O)CCCCCCCC(=O)OC[C@H](COP(=O)(O)O)OC(=O)CCCCCCCCCCCCCCCCC. The monoisotopic (exact) mass is 714 g/mol. The average Bonchev–Trinajstić information content (AvgIpc) is 3.06. The van der Waals surface area contributed by atoms with Crippen molar-refractivity contribution in [2.45, 2.75) is 187 Å². The maximum Gasteiger partial charge on any atom is 0.469 e. The third-order valence-corrected chi connectivity index (χ3v) is 8.76. The number of carbonyl (C=O) groups is 2. The first-order chi connectivity index (χ1) is 23.7. The van der Waals surface area contributed by atoms with Gasteiger partial charge in [-0.05, 0) is 32.1 Å². The van der Waals surface area contributed by atoms with E-state index in [0.29, 0.717) is 19.3 Å². The van der Waals surface area contributed by atoms with Gasteiger partial charge in [0.05, 0.1) is 12.7 Å². The largest absolute Gasteiger partial charge is 0.469 e. The van der Waals surface area contributed by atoms with Gasteiger partial charge in [-0.1, -0.05) is 166 Å². The number of rotatable bonds is 35. The number of aliphatic hydroxyl groups excluding tert-OH is 1. The van der Waals surface area contributed by atoms with Crippen LogP contribution in [0.15, 0.2) is 36.5 Å². The minimum absolute atomic E-state index is 0.194. The lowest BCUT2D eigenvalue weighted by atomic mass is 10.0. The highest BCUT2D eigenvalue weighted by molar-refractivity contribution is 7.46. The second kappa shape index (κ2) is 34.7. The molecule has 0 aliphatic rings. The summed E-state index contributed by atoms with van der Waals surface area (Å²) in [5.74, 6) is -0.958. The summed E-state index contributed by atoms with van der Waals surface area (Å²) in [5.41, 5.74) is 0. The molecule has 0 aromatic heterocycles. The predicted octanol–water partition coefficient (Wildman–Crippen LogP) is 10.4. The predicted molar refractivity (Wildman–Crippen MR) is 199 cm³/mol. The van der Waals surface area contributed by atoms with Crippen molar-refractivity contribution < 1.29 is 43.0 Å². The number of hydrogen-bond donors (Lipinski definition) is 3. The van der Waals surface area contributed by atoms with Gasteiger partial charge < -0.3 is 24.4 Å². The van der Waals surface area contributed by atoms with E-state index in [1.807, 2.05) is 18.2 Å². The van der Waals surface area contributed by atoms with Crippen LogP contribution in [-0.4, -0.2) is 52.3 Å². The highest BCUT2D eigenvalue weighted by Crippen LogP contribution is 2.36. The number of unbranched alkanes of at least 4 members (excludes halogenated alkanes) is 18. The first-order valence-corrected chi connectivity index (χ1v) is 20.9. The Hall–Kier alpha value is -1.77. The summed E-state index contributed by atoms with van der Waals surface area (Å²) in [7, 11) is -4.77. The maximum absolute atomic E-state index is 12.4. The molecule has 0 bridgehead atoms. The third kappa shape index (κ3) is 37.3. The molecule has 0 amide bonds. The maximum atomic E-state index is 12.4. The van der Waals surface area contributed by atoms with Crippen LogP contribution in [-0.2, 0) is 28.2 Å². The van der Waals surface area contributed by atoms with Crippen molar-refractivity contribution in [2.75, 3.05) is 13.2 Å². The number of hydrogen-bond acceptors (Lipinski definition) is 7. The van der Waals surface area contributed by atoms with Crippen molar-refractivity contribution in [1.82, 2.24) is 0 Å². The van der Waals surface area contributed by atoms with Crippen LogP contribution in [0, 0.1) is 0 Å². The second-order valence-corrected chi connectivity index (χ2v) is 14.3. The van der Waals surface area contributed by atoms with E-state index in [0.717, 1.165) is 57.8 Å². The highest BCUT2D eigenvalue weighted by Gasteiger charge is 2.22. The molecule has 0 fully saturated rings. The van der Waals surface area contributed by atoms with Crippen molar-refractivity contribution >= 4 is 19.8 Å². The van der Waals surface area contributed by atoms with E-state index in [1.54, 1.807) is 6.08 Å². The molecule has 0 heterocycles. The summed E-state index contributed by atoms with van der Waals surface area (Å²) in [6.45, 7) is 3.47. The molecule has 10 heteroatoms. The summed E-state index contributed by atoms with van der Waals surface area (Å²) < 4.78 is 26.3. The molecule has 0 spiro atoms. The molecular formula is C39H71O9P. The Morgan fingerprint density at radius 3 is 1.67 bits per heavy atom. The van der Waals surface area contributed by atoms with E-state index in [1.165, 1.54) is 70.6 Å². The standard InChI is InChI=1S/C39H71O9P/c1-3-5-7-9-11-12-13-14-15-16-17-18-20-24-29-33-39(42)48-37(35-47-49(43,44)45)34-46-38(41)32-28-25-21-23-27-31-36(40)30-26-22-19-10-8-6-4-2/h6,8,19,22,26,30,36-37,40H,3-5,7,9-18,20-21,23-25,27-29,31-35H2,1-2H3,(H2,43,44,45)/b8-6+,22-19+,30-26+/t36?,37-/m1/s1. The topological polar surface area (TPSA) is 140 Å². The third-order valence-electron chi connectivity index (χ3n) is 8.28. The molecule has 0 aromatic carbocycles. The Morgan fingerprint density at radius 1 is 0.633 bits per heavy atom. The van der Waals surface area contributed by atoms with Crippen molar-refractivity contribution in [3.05, 3.63) is 36.5 Å². The normalized spacial score (nSPS) is 13.5. The fourth-order valence-corrected chi connectivity index (χ4v) is 5.74. The smallest absolute Gasteiger partial charge is 0.462 e. The van der Waals surface area contributed by atoms with Crippen LogP contribution in [0.1, 0.15) is 174 Å². The second-order valence-electron chi connectivity index (χ2n) is 13.1. The van der Waals surface area contributed by atoms with E-state index in [2.05, 4.69) is 30.5 Å². The van der Waals surface area contributed by atoms with Crippen LogP contribution in [0.5, 0.6) is 0 Å². The fraction of sp³-hybridized carbons (Fsp3) is 0.795. The van der Waals surface area contributed by atoms with Crippen LogP contribution < -0.4 is 0 Å². The Kier molecular flexibility index (Phi) is 33.4. The molecule has 0 rings (SSSR count). The molecule has 0 saturated carbocycles. The van der Waals surface area contributed by atoms with E-state index in [4.69, 9.17) is 19.3 Å². The van der Waals surface area contributed by atoms with E-state index >= 15 is 0 Å². The van der Waals surface area contributed by atoms with Gasteiger partial charge in [0.1, 0.15) is 6.61 Å². The summed E-state index contributed by atoms with van der Waals surface area (Å²) in [6.07, 6.45) is 36.0. The summed E-state index contributed by atoms with van der Waals surface area (Å²) in [6, 6.07) is 0. The van der Waals surface area contributed by atoms with Crippen LogP contribution in [0.4, 0.5) is 0 Å². The first kappa shape index (κ1) is 47.2. The van der Waals surface area contributed by atoms with E-state index < -0.39 is 38.6 Å². The molecule has 49 heavy (non-hydrogen) atoms. The lowest BCUT2D eigenvalue weighted by Crippen LogP contribution is -2.29. The van der Waals surface area contributed by atoms with Gasteiger partial charge in [-0.3, -0.25) is 14.1 Å². The number of esters is 2. The molecule has 0 aromatic rings. The van der Waals surface area contributed by atoms with Gasteiger partial charge in [0.25, 0.3) is 0 Å². The molecule has 3 N–H and O–H groups in total. The number of phosphoric ester groups is 1. The van der Waals surface area contributed by atoms with Crippen LogP contribution in [0.2, 0.25) is 0 Å². The number of aliphatic hydroxyl groups is 1. The minimum Gasteiger partial charge on any atom is -0.462 e. The Labute approximate surface area is 298 Å². The molecule has 2 atom stereocenters. The molecular weight excluding hydrogens is 643 g/mol. The highest BCUT2D eigenvalue weighted by atomic mass is 31.2. The summed E-state index contributed by atoms with van der Waals surface area (Å²) in [4.78, 5) is 42.7. The van der Waals surface area contributed by atoms with Crippen LogP contribution in [0.25, 0.3) is 0 Å². The van der Waals surface area contributed by atoms with Gasteiger partial charge in [0, 0.05) is 12.8 Å². The van der Waals surface area contributed by atoms with Gasteiger partial charge in [0.15, 0.2) is 6.10 Å². The molecule has 0 aliphatic heterocycles. The van der Waals surface area contributed by atoms with E-state index in [9.17, 15) is 19.3 Å². The molecule has 0 aliphatic carbocycles. The van der Waals surface area contributed by atoms with Crippen LogP contribution in [0.3, 0.4) is 0 Å². The number of ether oxygens (including phenoxy) is 2. The summed E-state index contributed by atoms with van der Waals surface area (Å²) in [5, 5.41) is 10.1. The Bertz CT molecular complexity index is 912. The van der Waals surface area contributed by atoms with Crippen molar-refractivity contribution in [1.29, 1.82) is 0 Å². The van der Waals surface area contributed by atoms with Gasteiger partial charge in [-0.15, -0.1) is 0 Å². The van der Waals surface area contributed by atoms with Crippen molar-refractivity contribution in [3.8, 4) is 0 Å². The molecule has 286 valence electrons. The summed E-state index contributed by atoms with van der Waals surface area (Å²) >= 11 is 0. The fourth-order valence-electron chi connectivity index (χ4n) is 5.38. The molecule has 0 saturated heterocycles. The minimum atomic E-state index is -4.77. The average molecular weight is 715 g/mol. The van der Waals surface area contributed by atoms with Gasteiger partial charge >= 0.3 is 19.8 Å². The zero-order valence-electron chi connectivity index (χ0n) is 30.9. The Morgan fingerprint density at radius 2 is 1.14 bits per heavy atom. The van der Waals surface area contributed by atoms with Crippen molar-refractivity contribution in [2.24, 2.45) is 0 Å². The quantitative estimate of drug-likeness (QED) is 0.0192. The van der Waals surface area contributed by atoms with Gasteiger partial charge in [0.2, 0.25) is 0 Å². The zero-order chi connectivity index (χ0) is 36.3. The Balaban J connectivity index is 4.03.